The Morgan fingerprint density at radius 3 is 2.78 bits per heavy atom. The SMILES string of the molecule is C=CN(/C=C\N)COC. The predicted molar refractivity (Wildman–Crippen MR) is 37.2 cm³/mol. The molecule has 0 aliphatic rings. The minimum absolute atomic E-state index is 0.483. The molecule has 0 atom stereocenters. The second-order valence-corrected chi connectivity index (χ2v) is 1.46. The first kappa shape index (κ1) is 8.04. The Bertz CT molecular complexity index is 101. The topological polar surface area (TPSA) is 38.5 Å². The van der Waals surface area contributed by atoms with Crippen LogP contribution in [0.3, 0.4) is 0 Å². The van der Waals surface area contributed by atoms with Crippen molar-refractivity contribution in [2.75, 3.05) is 13.8 Å². The van der Waals surface area contributed by atoms with Gasteiger partial charge < -0.3 is 15.4 Å². The highest BCUT2D eigenvalue weighted by atomic mass is 16.5. The van der Waals surface area contributed by atoms with Crippen molar-refractivity contribution in [3.8, 4) is 0 Å². The van der Waals surface area contributed by atoms with Gasteiger partial charge in [0, 0.05) is 19.5 Å². The first-order chi connectivity index (χ1) is 4.35. The summed E-state index contributed by atoms with van der Waals surface area (Å²) in [5.41, 5.74) is 5.11. The Balaban J connectivity index is 3.53. The van der Waals surface area contributed by atoms with Crippen LogP contribution < -0.4 is 5.73 Å². The van der Waals surface area contributed by atoms with Crippen LogP contribution in [0.5, 0.6) is 0 Å². The zero-order chi connectivity index (χ0) is 7.11. The van der Waals surface area contributed by atoms with E-state index >= 15 is 0 Å². The first-order valence-corrected chi connectivity index (χ1v) is 2.60. The molecule has 0 amide bonds. The number of nitrogens with two attached hydrogens (primary N) is 1. The molecule has 0 unspecified atom stereocenters. The van der Waals surface area contributed by atoms with Gasteiger partial charge in [0.2, 0.25) is 0 Å². The van der Waals surface area contributed by atoms with E-state index < -0.39 is 0 Å². The lowest BCUT2D eigenvalue weighted by Crippen LogP contribution is -2.12. The molecule has 3 nitrogen and oxygen atoms in total. The average Bonchev–Trinajstić information content (AvgIpc) is 1.88. The molecule has 0 aromatic heterocycles. The van der Waals surface area contributed by atoms with Crippen molar-refractivity contribution < 1.29 is 4.74 Å². The van der Waals surface area contributed by atoms with Crippen LogP contribution in [0.4, 0.5) is 0 Å². The van der Waals surface area contributed by atoms with Gasteiger partial charge in [-0.2, -0.15) is 0 Å². The second kappa shape index (κ2) is 5.18. The number of hydrogen-bond acceptors (Lipinski definition) is 3. The number of ether oxygens (including phenoxy) is 1. The van der Waals surface area contributed by atoms with E-state index in [0.29, 0.717) is 6.73 Å². The van der Waals surface area contributed by atoms with Gasteiger partial charge in [-0.25, -0.2) is 0 Å². The van der Waals surface area contributed by atoms with E-state index in [1.807, 2.05) is 0 Å². The summed E-state index contributed by atoms with van der Waals surface area (Å²) in [5, 5.41) is 0. The van der Waals surface area contributed by atoms with E-state index in [4.69, 9.17) is 10.5 Å². The molecule has 3 heteroatoms. The maximum Gasteiger partial charge on any atom is 0.121 e. The standard InChI is InChI=1S/C6H12N2O/c1-3-8(5-4-7)6-9-2/h3-5H,1,6-7H2,2H3/b5-4-. The third-order valence-electron chi connectivity index (χ3n) is 0.790. The quantitative estimate of drug-likeness (QED) is 0.559. The minimum atomic E-state index is 0.483. The van der Waals surface area contributed by atoms with Crippen molar-refractivity contribution in [1.29, 1.82) is 0 Å². The predicted octanol–water partition coefficient (Wildman–Crippen LogP) is 0.466. The highest BCUT2D eigenvalue weighted by molar-refractivity contribution is 4.82. The van der Waals surface area contributed by atoms with Crippen LogP contribution in [0.25, 0.3) is 0 Å². The fourth-order valence-electron chi connectivity index (χ4n) is 0.416. The van der Waals surface area contributed by atoms with Crippen LogP contribution in [0.1, 0.15) is 0 Å². The Kier molecular flexibility index (Phi) is 4.63. The molecule has 2 N–H and O–H groups in total. The van der Waals surface area contributed by atoms with Crippen molar-refractivity contribution in [3.63, 3.8) is 0 Å². The lowest BCUT2D eigenvalue weighted by atomic mass is 10.7. The van der Waals surface area contributed by atoms with Gasteiger partial charge in [-0.05, 0) is 6.20 Å². The Morgan fingerprint density at radius 1 is 1.78 bits per heavy atom. The summed E-state index contributed by atoms with van der Waals surface area (Å²) in [6.07, 6.45) is 4.74. The van der Waals surface area contributed by atoms with Gasteiger partial charge in [0.25, 0.3) is 0 Å². The molecule has 0 saturated heterocycles. The molecule has 0 aliphatic carbocycles. The molecule has 0 saturated carbocycles. The Morgan fingerprint density at radius 2 is 2.44 bits per heavy atom. The van der Waals surface area contributed by atoms with Gasteiger partial charge in [-0.15, -0.1) is 0 Å². The van der Waals surface area contributed by atoms with Crippen molar-refractivity contribution in [2.45, 2.75) is 0 Å². The summed E-state index contributed by atoms with van der Waals surface area (Å²) in [5.74, 6) is 0. The van der Waals surface area contributed by atoms with Crippen LogP contribution in [-0.2, 0) is 4.74 Å². The summed E-state index contributed by atoms with van der Waals surface area (Å²) in [4.78, 5) is 1.72. The van der Waals surface area contributed by atoms with Gasteiger partial charge in [-0.1, -0.05) is 6.58 Å². The zero-order valence-corrected chi connectivity index (χ0v) is 5.58. The van der Waals surface area contributed by atoms with Gasteiger partial charge in [0.15, 0.2) is 0 Å². The summed E-state index contributed by atoms with van der Waals surface area (Å²) in [6, 6.07) is 0. The fourth-order valence-corrected chi connectivity index (χ4v) is 0.416. The van der Waals surface area contributed by atoms with Crippen LogP contribution in [0.2, 0.25) is 0 Å². The third-order valence-corrected chi connectivity index (χ3v) is 0.790. The average molecular weight is 128 g/mol. The smallest absolute Gasteiger partial charge is 0.121 e. The van der Waals surface area contributed by atoms with E-state index in [0.717, 1.165) is 0 Å². The third kappa shape index (κ3) is 3.61. The molecule has 0 radical (unpaired) electrons. The monoisotopic (exact) mass is 128 g/mol. The largest absolute Gasteiger partial charge is 0.403 e. The number of nitrogens with zero attached hydrogens (tertiary/aromatic N) is 1. The van der Waals surface area contributed by atoms with Gasteiger partial charge in [-0.3, -0.25) is 0 Å². The summed E-state index contributed by atoms with van der Waals surface area (Å²) >= 11 is 0. The molecule has 0 bridgehead atoms. The molecule has 0 spiro atoms. The highest BCUT2D eigenvalue weighted by Gasteiger charge is 1.86. The van der Waals surface area contributed by atoms with Crippen molar-refractivity contribution in [3.05, 3.63) is 25.2 Å². The first-order valence-electron chi connectivity index (χ1n) is 2.60. The van der Waals surface area contributed by atoms with E-state index in [9.17, 15) is 0 Å². The van der Waals surface area contributed by atoms with Crippen LogP contribution in [0.15, 0.2) is 25.2 Å². The maximum absolute atomic E-state index is 5.11. The van der Waals surface area contributed by atoms with E-state index in [2.05, 4.69) is 6.58 Å². The summed E-state index contributed by atoms with van der Waals surface area (Å²) in [7, 11) is 1.61. The lowest BCUT2D eigenvalue weighted by Gasteiger charge is -2.11. The molecule has 9 heavy (non-hydrogen) atoms. The van der Waals surface area contributed by atoms with Gasteiger partial charge >= 0.3 is 0 Å². The molecule has 0 heterocycles. The highest BCUT2D eigenvalue weighted by Crippen LogP contribution is 1.87. The van der Waals surface area contributed by atoms with E-state index in [-0.39, 0.29) is 0 Å². The summed E-state index contributed by atoms with van der Waals surface area (Å²) in [6.45, 7) is 4.02. The van der Waals surface area contributed by atoms with Gasteiger partial charge in [0.05, 0.1) is 0 Å². The zero-order valence-electron chi connectivity index (χ0n) is 5.58. The lowest BCUT2D eigenvalue weighted by molar-refractivity contribution is 0.124. The maximum atomic E-state index is 5.11. The van der Waals surface area contributed by atoms with E-state index in [1.165, 1.54) is 6.20 Å². The number of hydrogen-bond donors (Lipinski definition) is 1. The normalized spacial score (nSPS) is 9.89. The van der Waals surface area contributed by atoms with Crippen molar-refractivity contribution in [2.24, 2.45) is 5.73 Å². The molecule has 52 valence electrons. The molecule has 0 fully saturated rings. The van der Waals surface area contributed by atoms with Crippen LogP contribution in [0, 0.1) is 0 Å². The minimum Gasteiger partial charge on any atom is -0.403 e. The Hall–Kier alpha value is -0.960. The molecular formula is C6H12N2O. The molecule has 0 rings (SSSR count). The van der Waals surface area contributed by atoms with Crippen molar-refractivity contribution in [1.82, 2.24) is 4.90 Å². The van der Waals surface area contributed by atoms with E-state index in [1.54, 1.807) is 24.4 Å². The Labute approximate surface area is 55.4 Å². The van der Waals surface area contributed by atoms with Crippen LogP contribution in [-0.4, -0.2) is 18.7 Å². The molecule has 0 aliphatic heterocycles. The summed E-state index contributed by atoms with van der Waals surface area (Å²) < 4.78 is 4.80. The number of methoxy groups -OCH3 is 1. The molecule has 0 aromatic rings. The van der Waals surface area contributed by atoms with Crippen LogP contribution >= 0.6 is 0 Å². The van der Waals surface area contributed by atoms with Crippen molar-refractivity contribution >= 4 is 0 Å². The number of rotatable bonds is 4. The second-order valence-electron chi connectivity index (χ2n) is 1.46. The van der Waals surface area contributed by atoms with Gasteiger partial charge in [0.1, 0.15) is 6.73 Å². The molecular weight excluding hydrogens is 116 g/mol. The fraction of sp³-hybridized carbons (Fsp3) is 0.333. The molecule has 0 aromatic carbocycles.